The van der Waals surface area contributed by atoms with Crippen molar-refractivity contribution in [2.24, 2.45) is 5.92 Å². The lowest BCUT2D eigenvalue weighted by Gasteiger charge is -2.31. The minimum Gasteiger partial charge on any atom is -0.508 e. The third-order valence-corrected chi connectivity index (χ3v) is 6.19. The van der Waals surface area contributed by atoms with Gasteiger partial charge in [0.15, 0.2) is 5.78 Å². The molecule has 1 N–H and O–H groups in total. The van der Waals surface area contributed by atoms with Crippen LogP contribution in [0.5, 0.6) is 11.5 Å². The Hall–Kier alpha value is -3.23. The summed E-state index contributed by atoms with van der Waals surface area (Å²) in [7, 11) is 0. The van der Waals surface area contributed by atoms with E-state index in [9.17, 15) is 19.5 Å². The molecule has 2 atom stereocenters. The van der Waals surface area contributed by atoms with Gasteiger partial charge in [-0.2, -0.15) is 0 Å². The standard InChI is InChI=1S/C26H30N2O6/c1-17(2)34-21-9-5-19(6-10-21)24(30)22-23(18-3-7-20(29)8-4-18)28(26(32)25(22)31)12-11-27-13-15-33-16-14-27/h3-10,17,22-23,29H,11-16H2,1-2H3. The lowest BCUT2D eigenvalue weighted by Crippen LogP contribution is -2.42. The number of amides is 1. The maximum Gasteiger partial charge on any atom is 0.291 e. The summed E-state index contributed by atoms with van der Waals surface area (Å²) in [5.41, 5.74) is 0.984. The minimum absolute atomic E-state index is 0.00511. The molecule has 2 aromatic carbocycles. The molecule has 2 fully saturated rings. The van der Waals surface area contributed by atoms with Crippen molar-refractivity contribution >= 4 is 17.5 Å². The van der Waals surface area contributed by atoms with Crippen LogP contribution in [0.1, 0.15) is 35.8 Å². The number of carbonyl (C=O) groups is 3. The number of hydrogen-bond acceptors (Lipinski definition) is 7. The smallest absolute Gasteiger partial charge is 0.291 e. The number of phenolic OH excluding ortho intramolecular Hbond substituents is 1. The number of nitrogens with zero attached hydrogens (tertiary/aromatic N) is 2. The fourth-order valence-corrected chi connectivity index (χ4v) is 4.49. The predicted molar refractivity (Wildman–Crippen MR) is 125 cm³/mol. The Bertz CT molecular complexity index is 1030. The molecule has 2 aromatic rings. The SMILES string of the molecule is CC(C)Oc1ccc(C(=O)C2C(=O)C(=O)N(CCN3CCOCC3)C2c2ccc(O)cc2)cc1. The number of Topliss-reactive ketones (excluding diaryl/α,β-unsaturated/α-hetero) is 2. The topological polar surface area (TPSA) is 96.4 Å². The van der Waals surface area contributed by atoms with Gasteiger partial charge in [-0.05, 0) is 55.8 Å². The van der Waals surface area contributed by atoms with Crippen LogP contribution in [0.3, 0.4) is 0 Å². The van der Waals surface area contributed by atoms with Crippen molar-refractivity contribution in [3.8, 4) is 11.5 Å². The first-order valence-electron chi connectivity index (χ1n) is 11.6. The number of hydrogen-bond donors (Lipinski definition) is 1. The molecule has 2 heterocycles. The number of phenols is 1. The molecule has 0 radical (unpaired) electrons. The van der Waals surface area contributed by atoms with Crippen molar-refractivity contribution < 1.29 is 29.0 Å². The highest BCUT2D eigenvalue weighted by molar-refractivity contribution is 6.44. The number of benzene rings is 2. The quantitative estimate of drug-likeness (QED) is 0.363. The van der Waals surface area contributed by atoms with Crippen molar-refractivity contribution in [3.05, 3.63) is 59.7 Å². The Balaban J connectivity index is 1.62. The second kappa shape index (κ2) is 10.4. The van der Waals surface area contributed by atoms with Crippen LogP contribution in [0.4, 0.5) is 0 Å². The van der Waals surface area contributed by atoms with Crippen LogP contribution in [-0.2, 0) is 14.3 Å². The van der Waals surface area contributed by atoms with Gasteiger partial charge in [-0.25, -0.2) is 0 Å². The van der Waals surface area contributed by atoms with Crippen LogP contribution in [0, 0.1) is 5.92 Å². The van der Waals surface area contributed by atoms with Crippen molar-refractivity contribution in [3.63, 3.8) is 0 Å². The van der Waals surface area contributed by atoms with E-state index in [1.54, 1.807) is 36.4 Å². The molecule has 0 bridgehead atoms. The fraction of sp³-hybridized carbons (Fsp3) is 0.423. The second-order valence-corrected chi connectivity index (χ2v) is 8.89. The molecule has 2 saturated heterocycles. The lowest BCUT2D eigenvalue weighted by molar-refractivity contribution is -0.141. The van der Waals surface area contributed by atoms with E-state index in [0.717, 1.165) is 13.1 Å². The first-order chi connectivity index (χ1) is 16.3. The van der Waals surface area contributed by atoms with Crippen molar-refractivity contribution in [2.45, 2.75) is 26.0 Å². The van der Waals surface area contributed by atoms with Crippen LogP contribution in [0.15, 0.2) is 48.5 Å². The summed E-state index contributed by atoms with van der Waals surface area (Å²) in [6.45, 7) is 7.50. The number of likely N-dealkylation sites (tertiary alicyclic amines) is 1. The molecule has 180 valence electrons. The summed E-state index contributed by atoms with van der Waals surface area (Å²) in [6.07, 6.45) is -0.00511. The zero-order chi connectivity index (χ0) is 24.2. The van der Waals surface area contributed by atoms with Crippen LogP contribution in [0.25, 0.3) is 0 Å². The number of morpholine rings is 1. The van der Waals surface area contributed by atoms with Gasteiger partial charge in [-0.15, -0.1) is 0 Å². The van der Waals surface area contributed by atoms with E-state index in [0.29, 0.717) is 43.2 Å². The molecule has 8 nitrogen and oxygen atoms in total. The molecular formula is C26H30N2O6. The lowest BCUT2D eigenvalue weighted by atomic mass is 9.86. The Morgan fingerprint density at radius 1 is 1.03 bits per heavy atom. The normalized spacial score (nSPS) is 21.3. The molecule has 1 amide bonds. The van der Waals surface area contributed by atoms with Gasteiger partial charge in [0.25, 0.3) is 5.91 Å². The molecule has 2 unspecified atom stereocenters. The van der Waals surface area contributed by atoms with Crippen LogP contribution in [-0.4, -0.2) is 77.9 Å². The van der Waals surface area contributed by atoms with Gasteiger partial charge in [0.1, 0.15) is 17.4 Å². The van der Waals surface area contributed by atoms with Gasteiger partial charge in [0.2, 0.25) is 5.78 Å². The summed E-state index contributed by atoms with van der Waals surface area (Å²) < 4.78 is 11.0. The molecule has 0 saturated carbocycles. The van der Waals surface area contributed by atoms with Crippen molar-refractivity contribution in [1.29, 1.82) is 0 Å². The summed E-state index contributed by atoms with van der Waals surface area (Å²) >= 11 is 0. The number of ketones is 2. The number of aromatic hydroxyl groups is 1. The monoisotopic (exact) mass is 466 g/mol. The van der Waals surface area contributed by atoms with Crippen molar-refractivity contribution in [1.82, 2.24) is 9.80 Å². The summed E-state index contributed by atoms with van der Waals surface area (Å²) in [6, 6.07) is 12.2. The zero-order valence-corrected chi connectivity index (χ0v) is 19.5. The first-order valence-corrected chi connectivity index (χ1v) is 11.6. The highest BCUT2D eigenvalue weighted by Gasteiger charge is 2.51. The molecule has 4 rings (SSSR count). The highest BCUT2D eigenvalue weighted by atomic mass is 16.5. The minimum atomic E-state index is -1.15. The van der Waals surface area contributed by atoms with E-state index < -0.39 is 29.4 Å². The van der Waals surface area contributed by atoms with Gasteiger partial charge < -0.3 is 19.5 Å². The number of rotatable bonds is 8. The second-order valence-electron chi connectivity index (χ2n) is 8.89. The van der Waals surface area contributed by atoms with E-state index in [2.05, 4.69) is 4.90 Å². The first kappa shape index (κ1) is 23.9. The predicted octanol–water partition coefficient (Wildman–Crippen LogP) is 2.46. The average molecular weight is 467 g/mol. The molecule has 2 aliphatic rings. The number of ether oxygens (including phenoxy) is 2. The zero-order valence-electron chi connectivity index (χ0n) is 19.5. The average Bonchev–Trinajstić information content (AvgIpc) is 3.08. The van der Waals surface area contributed by atoms with E-state index in [-0.39, 0.29) is 11.9 Å². The maximum atomic E-state index is 13.5. The summed E-state index contributed by atoms with van der Waals surface area (Å²) in [4.78, 5) is 43.4. The van der Waals surface area contributed by atoms with E-state index in [1.165, 1.54) is 17.0 Å². The van der Waals surface area contributed by atoms with Gasteiger partial charge >= 0.3 is 0 Å². The van der Waals surface area contributed by atoms with Crippen LogP contribution >= 0.6 is 0 Å². The Kier molecular flexibility index (Phi) is 7.29. The molecule has 0 spiro atoms. The van der Waals surface area contributed by atoms with E-state index in [4.69, 9.17) is 9.47 Å². The third-order valence-electron chi connectivity index (χ3n) is 6.19. The van der Waals surface area contributed by atoms with Gasteiger partial charge in [0.05, 0.1) is 25.4 Å². The molecule has 34 heavy (non-hydrogen) atoms. The van der Waals surface area contributed by atoms with Gasteiger partial charge in [-0.3, -0.25) is 19.3 Å². The van der Waals surface area contributed by atoms with E-state index >= 15 is 0 Å². The number of carbonyl (C=O) groups excluding carboxylic acids is 3. The molecule has 8 heteroatoms. The van der Waals surface area contributed by atoms with Crippen LogP contribution < -0.4 is 4.74 Å². The molecule has 2 aliphatic heterocycles. The third kappa shape index (κ3) is 5.13. The van der Waals surface area contributed by atoms with E-state index in [1.807, 2.05) is 13.8 Å². The summed E-state index contributed by atoms with van der Waals surface area (Å²) in [5, 5.41) is 9.74. The Morgan fingerprint density at radius 2 is 1.68 bits per heavy atom. The van der Waals surface area contributed by atoms with Gasteiger partial charge in [-0.1, -0.05) is 12.1 Å². The van der Waals surface area contributed by atoms with Crippen LogP contribution in [0.2, 0.25) is 0 Å². The van der Waals surface area contributed by atoms with Gasteiger partial charge in [0, 0.05) is 31.7 Å². The van der Waals surface area contributed by atoms with Crippen molar-refractivity contribution in [2.75, 3.05) is 39.4 Å². The molecule has 0 aliphatic carbocycles. The molecular weight excluding hydrogens is 436 g/mol. The Morgan fingerprint density at radius 3 is 2.29 bits per heavy atom. The highest BCUT2D eigenvalue weighted by Crippen LogP contribution is 2.38. The maximum absolute atomic E-state index is 13.5. The summed E-state index contributed by atoms with van der Waals surface area (Å²) in [5.74, 6) is -2.21. The molecule has 0 aromatic heterocycles. The Labute approximate surface area is 199 Å². The largest absolute Gasteiger partial charge is 0.508 e. The fourth-order valence-electron chi connectivity index (χ4n) is 4.49.